The molecule has 0 aromatic heterocycles. The number of imide groups is 1. The first-order valence-electron chi connectivity index (χ1n) is 8.67. The Balaban J connectivity index is 1.87. The maximum atomic E-state index is 12.4. The van der Waals surface area contributed by atoms with Crippen LogP contribution in [-0.4, -0.2) is 53.9 Å². The Labute approximate surface area is 154 Å². The number of benzene rings is 1. The van der Waals surface area contributed by atoms with E-state index in [1.54, 1.807) is 32.9 Å². The molecule has 1 saturated heterocycles. The van der Waals surface area contributed by atoms with E-state index in [4.69, 9.17) is 4.74 Å². The molecule has 0 bridgehead atoms. The van der Waals surface area contributed by atoms with E-state index >= 15 is 0 Å². The van der Waals surface area contributed by atoms with Crippen molar-refractivity contribution in [1.82, 2.24) is 15.1 Å². The van der Waals surface area contributed by atoms with Crippen LogP contribution in [0.2, 0.25) is 0 Å². The number of carbonyl (C=O) groups excluding carboxylic acids is 3. The van der Waals surface area contributed by atoms with Gasteiger partial charge in [-0.25, -0.2) is 4.79 Å². The average molecular weight is 361 g/mol. The van der Waals surface area contributed by atoms with Crippen molar-refractivity contribution in [2.45, 2.75) is 45.7 Å². The topological polar surface area (TPSA) is 79.0 Å². The molecule has 2 rings (SSSR count). The maximum absolute atomic E-state index is 12.4. The third kappa shape index (κ3) is 4.33. The highest BCUT2D eigenvalue weighted by molar-refractivity contribution is 6.06. The lowest BCUT2D eigenvalue weighted by Crippen LogP contribution is -2.40. The smallest absolute Gasteiger partial charge is 0.325 e. The van der Waals surface area contributed by atoms with Gasteiger partial charge in [-0.15, -0.1) is 0 Å². The molecule has 4 amide bonds. The van der Waals surface area contributed by atoms with Crippen LogP contribution in [0.5, 0.6) is 5.75 Å². The van der Waals surface area contributed by atoms with Crippen LogP contribution in [0.1, 0.15) is 37.8 Å². The summed E-state index contributed by atoms with van der Waals surface area (Å²) in [6.45, 7) is 6.01. The van der Waals surface area contributed by atoms with Crippen molar-refractivity contribution in [2.75, 3.05) is 20.7 Å². The van der Waals surface area contributed by atoms with Crippen molar-refractivity contribution in [3.63, 3.8) is 0 Å². The van der Waals surface area contributed by atoms with E-state index in [9.17, 15) is 14.4 Å². The predicted molar refractivity (Wildman–Crippen MR) is 97.8 cm³/mol. The van der Waals surface area contributed by atoms with Crippen LogP contribution in [-0.2, 0) is 16.1 Å². The van der Waals surface area contributed by atoms with E-state index in [-0.39, 0.29) is 24.8 Å². The summed E-state index contributed by atoms with van der Waals surface area (Å²) in [7, 11) is 3.34. The van der Waals surface area contributed by atoms with E-state index in [1.807, 2.05) is 25.1 Å². The van der Waals surface area contributed by atoms with Crippen LogP contribution < -0.4 is 10.1 Å². The first-order chi connectivity index (χ1) is 12.2. The summed E-state index contributed by atoms with van der Waals surface area (Å²) in [5.41, 5.74) is 1.17. The molecular formula is C19H27N3O4. The Bertz CT molecular complexity index is 715. The van der Waals surface area contributed by atoms with Gasteiger partial charge in [-0.1, -0.05) is 17.7 Å². The maximum Gasteiger partial charge on any atom is 0.325 e. The van der Waals surface area contributed by atoms with E-state index in [0.29, 0.717) is 13.0 Å². The Kier molecular flexibility index (Phi) is 5.90. The summed E-state index contributed by atoms with van der Waals surface area (Å²) < 4.78 is 5.35. The fraction of sp³-hybridized carbons (Fsp3) is 0.526. The SMILES string of the molecule is COc1ccc(C)cc1CN(C)C(=O)CCCN1C(=O)NC(C)(C)C1=O. The standard InChI is InChI=1S/C19H27N3O4/c1-13-8-9-15(26-5)14(11-13)12-21(4)16(23)7-6-10-22-17(24)19(2,3)20-18(22)25/h8-9,11H,6-7,10,12H2,1-5H3,(H,20,25). The second-order valence-electron chi connectivity index (χ2n) is 7.18. The van der Waals surface area contributed by atoms with E-state index in [2.05, 4.69) is 5.32 Å². The number of rotatable bonds is 7. The summed E-state index contributed by atoms with van der Waals surface area (Å²) in [6, 6.07) is 5.45. The van der Waals surface area contributed by atoms with Gasteiger partial charge in [0, 0.05) is 32.1 Å². The van der Waals surface area contributed by atoms with E-state index in [0.717, 1.165) is 16.9 Å². The number of hydrogen-bond acceptors (Lipinski definition) is 4. The van der Waals surface area contributed by atoms with Gasteiger partial charge in [0.15, 0.2) is 0 Å². The molecule has 0 radical (unpaired) electrons. The number of amides is 4. The number of ether oxygens (including phenoxy) is 1. The van der Waals surface area contributed by atoms with Gasteiger partial charge < -0.3 is 15.0 Å². The quantitative estimate of drug-likeness (QED) is 0.754. The number of carbonyl (C=O) groups is 3. The Hall–Kier alpha value is -2.57. The zero-order valence-electron chi connectivity index (χ0n) is 16.1. The van der Waals surface area contributed by atoms with Crippen molar-refractivity contribution < 1.29 is 19.1 Å². The minimum Gasteiger partial charge on any atom is -0.496 e. The Morgan fingerprint density at radius 2 is 2.00 bits per heavy atom. The molecule has 26 heavy (non-hydrogen) atoms. The van der Waals surface area contributed by atoms with Crippen molar-refractivity contribution in [3.05, 3.63) is 29.3 Å². The van der Waals surface area contributed by atoms with Gasteiger partial charge in [0.1, 0.15) is 11.3 Å². The molecule has 1 N–H and O–H groups in total. The molecule has 1 aromatic rings. The molecule has 1 aromatic carbocycles. The molecule has 7 nitrogen and oxygen atoms in total. The van der Waals surface area contributed by atoms with Crippen molar-refractivity contribution in [3.8, 4) is 5.75 Å². The summed E-state index contributed by atoms with van der Waals surface area (Å²) in [6.07, 6.45) is 0.700. The zero-order valence-corrected chi connectivity index (χ0v) is 16.1. The van der Waals surface area contributed by atoms with Gasteiger partial charge in [0.25, 0.3) is 5.91 Å². The first-order valence-corrected chi connectivity index (χ1v) is 8.67. The second-order valence-corrected chi connectivity index (χ2v) is 7.18. The predicted octanol–water partition coefficient (Wildman–Crippen LogP) is 2.07. The lowest BCUT2D eigenvalue weighted by molar-refractivity contribution is -0.132. The lowest BCUT2D eigenvalue weighted by atomic mass is 10.1. The molecule has 1 aliphatic rings. The fourth-order valence-corrected chi connectivity index (χ4v) is 2.97. The summed E-state index contributed by atoms with van der Waals surface area (Å²) >= 11 is 0. The average Bonchev–Trinajstić information content (AvgIpc) is 2.76. The molecule has 142 valence electrons. The van der Waals surface area contributed by atoms with Crippen molar-refractivity contribution in [2.24, 2.45) is 0 Å². The van der Waals surface area contributed by atoms with Crippen LogP contribution in [0.15, 0.2) is 18.2 Å². The van der Waals surface area contributed by atoms with Crippen LogP contribution in [0.25, 0.3) is 0 Å². The monoisotopic (exact) mass is 361 g/mol. The molecular weight excluding hydrogens is 334 g/mol. The van der Waals surface area contributed by atoms with Crippen LogP contribution in [0.4, 0.5) is 4.79 Å². The Morgan fingerprint density at radius 1 is 1.31 bits per heavy atom. The van der Waals surface area contributed by atoms with Gasteiger partial charge in [0.2, 0.25) is 5.91 Å². The van der Waals surface area contributed by atoms with Crippen LogP contribution in [0.3, 0.4) is 0 Å². The first kappa shape index (κ1) is 19.8. The highest BCUT2D eigenvalue weighted by atomic mass is 16.5. The van der Waals surface area contributed by atoms with Gasteiger partial charge in [-0.05, 0) is 33.3 Å². The number of aryl methyl sites for hydroxylation is 1. The molecule has 0 atom stereocenters. The summed E-state index contributed by atoms with van der Waals surface area (Å²) in [5, 5.41) is 2.63. The number of nitrogens with zero attached hydrogens (tertiary/aromatic N) is 2. The molecule has 1 heterocycles. The highest BCUT2D eigenvalue weighted by Gasteiger charge is 2.43. The fourth-order valence-electron chi connectivity index (χ4n) is 2.97. The van der Waals surface area contributed by atoms with E-state index < -0.39 is 11.6 Å². The zero-order chi connectivity index (χ0) is 19.5. The Morgan fingerprint density at radius 3 is 2.58 bits per heavy atom. The minimum absolute atomic E-state index is 0.0418. The van der Waals surface area contributed by atoms with Gasteiger partial charge in [0.05, 0.1) is 7.11 Å². The molecule has 0 unspecified atom stereocenters. The molecule has 0 aliphatic carbocycles. The summed E-state index contributed by atoms with van der Waals surface area (Å²) in [5.74, 6) is 0.449. The third-order valence-electron chi connectivity index (χ3n) is 4.49. The normalized spacial score (nSPS) is 15.8. The summed E-state index contributed by atoms with van der Waals surface area (Å²) in [4.78, 5) is 39.1. The third-order valence-corrected chi connectivity index (χ3v) is 4.49. The lowest BCUT2D eigenvalue weighted by Gasteiger charge is -2.20. The van der Waals surface area contributed by atoms with Gasteiger partial charge in [-0.2, -0.15) is 0 Å². The highest BCUT2D eigenvalue weighted by Crippen LogP contribution is 2.21. The molecule has 7 heteroatoms. The number of urea groups is 1. The van der Waals surface area contributed by atoms with Gasteiger partial charge in [-0.3, -0.25) is 14.5 Å². The largest absolute Gasteiger partial charge is 0.496 e. The molecule has 1 aliphatic heterocycles. The van der Waals surface area contributed by atoms with Crippen LogP contribution >= 0.6 is 0 Å². The van der Waals surface area contributed by atoms with Crippen molar-refractivity contribution in [1.29, 1.82) is 0 Å². The second kappa shape index (κ2) is 7.76. The molecule has 0 saturated carbocycles. The number of hydrogen-bond donors (Lipinski definition) is 1. The van der Waals surface area contributed by atoms with Crippen LogP contribution in [0, 0.1) is 6.92 Å². The molecule has 1 fully saturated rings. The van der Waals surface area contributed by atoms with Gasteiger partial charge >= 0.3 is 6.03 Å². The van der Waals surface area contributed by atoms with E-state index in [1.165, 1.54) is 4.90 Å². The van der Waals surface area contributed by atoms with Crippen molar-refractivity contribution >= 4 is 17.8 Å². The number of nitrogens with one attached hydrogen (secondary N) is 1. The number of methoxy groups -OCH3 is 1. The minimum atomic E-state index is -0.875. The molecule has 0 spiro atoms.